The van der Waals surface area contributed by atoms with Crippen LogP contribution in [0.2, 0.25) is 0 Å². The molecule has 1 aromatic rings. The zero-order chi connectivity index (χ0) is 18.4. The van der Waals surface area contributed by atoms with Gasteiger partial charge in [-0.2, -0.15) is 17.6 Å². The van der Waals surface area contributed by atoms with Gasteiger partial charge in [0.2, 0.25) is 0 Å². The predicted octanol–water partition coefficient (Wildman–Crippen LogP) is 3.87. The molecule has 0 saturated carbocycles. The molecule has 25 heavy (non-hydrogen) atoms. The third kappa shape index (κ3) is 5.81. The quantitative estimate of drug-likeness (QED) is 0.825. The lowest BCUT2D eigenvalue weighted by Gasteiger charge is -2.24. The number of nitrogens with zero attached hydrogens (tertiary/aromatic N) is 1. The van der Waals surface area contributed by atoms with Crippen LogP contribution in [0.1, 0.15) is 19.3 Å². The molecular formula is C17H21F4NO3. The van der Waals surface area contributed by atoms with Crippen molar-refractivity contribution in [1.29, 1.82) is 0 Å². The largest absolute Gasteiger partial charge is 0.431 e. The summed E-state index contributed by atoms with van der Waals surface area (Å²) in [6.07, 6.45) is 5.28. The summed E-state index contributed by atoms with van der Waals surface area (Å²) in [6, 6.07) is 4.97. The number of allylic oxidation sites excluding steroid dienone is 1. The minimum Gasteiger partial charge on any atom is -0.431 e. The SMILES string of the molecule is CN1CCC2CCC(O)C=C21.FC(F)Oc1ccccc1OC(F)F. The van der Waals surface area contributed by atoms with Gasteiger partial charge in [0.25, 0.3) is 0 Å². The molecule has 1 N–H and O–H groups in total. The van der Waals surface area contributed by atoms with Gasteiger partial charge in [-0.15, -0.1) is 0 Å². The number of ether oxygens (including phenoxy) is 2. The Labute approximate surface area is 143 Å². The summed E-state index contributed by atoms with van der Waals surface area (Å²) >= 11 is 0. The van der Waals surface area contributed by atoms with Gasteiger partial charge in [0, 0.05) is 25.2 Å². The summed E-state index contributed by atoms with van der Waals surface area (Å²) in [5.41, 5.74) is 1.38. The van der Waals surface area contributed by atoms with Crippen LogP contribution in [0.4, 0.5) is 17.6 Å². The van der Waals surface area contributed by atoms with Crippen LogP contribution in [-0.2, 0) is 0 Å². The van der Waals surface area contributed by atoms with Crippen molar-refractivity contribution < 1.29 is 32.1 Å². The maximum Gasteiger partial charge on any atom is 0.387 e. The smallest absolute Gasteiger partial charge is 0.387 e. The number of rotatable bonds is 4. The average molecular weight is 363 g/mol. The molecule has 0 aromatic heterocycles. The summed E-state index contributed by atoms with van der Waals surface area (Å²) in [7, 11) is 2.11. The highest BCUT2D eigenvalue weighted by Gasteiger charge is 2.29. The van der Waals surface area contributed by atoms with Crippen molar-refractivity contribution in [2.75, 3.05) is 13.6 Å². The van der Waals surface area contributed by atoms with Gasteiger partial charge >= 0.3 is 13.2 Å². The van der Waals surface area contributed by atoms with Crippen LogP contribution in [0.5, 0.6) is 11.5 Å². The van der Waals surface area contributed by atoms with Gasteiger partial charge in [0.15, 0.2) is 11.5 Å². The molecule has 1 saturated heterocycles. The minimum absolute atomic E-state index is 0.179. The number of fused-ring (bicyclic) bond motifs is 1. The molecular weight excluding hydrogens is 342 g/mol. The van der Waals surface area contributed by atoms with Crippen molar-refractivity contribution in [2.45, 2.75) is 38.6 Å². The maximum absolute atomic E-state index is 11.8. The standard InChI is InChI=1S/C9H15NO.C8H6F4O2/c1-10-5-4-7-2-3-8(11)6-9(7)10;9-7(10)13-5-3-1-2-4-6(5)14-8(11)12/h6-8,11H,2-5H2,1H3;1-4,7-8H. The number of aliphatic hydroxyl groups is 1. The number of para-hydroxylation sites is 2. The van der Waals surface area contributed by atoms with E-state index in [2.05, 4.69) is 21.4 Å². The molecule has 2 unspecified atom stereocenters. The number of likely N-dealkylation sites (tertiary alicyclic amines) is 1. The van der Waals surface area contributed by atoms with E-state index in [-0.39, 0.29) is 6.10 Å². The Morgan fingerprint density at radius 2 is 1.56 bits per heavy atom. The fourth-order valence-electron chi connectivity index (χ4n) is 2.98. The van der Waals surface area contributed by atoms with Gasteiger partial charge in [0.05, 0.1) is 6.10 Å². The van der Waals surface area contributed by atoms with E-state index in [0.717, 1.165) is 24.5 Å². The normalized spacial score (nSPS) is 22.2. The van der Waals surface area contributed by atoms with Crippen LogP contribution in [0.15, 0.2) is 36.0 Å². The van der Waals surface area contributed by atoms with Crippen molar-refractivity contribution in [2.24, 2.45) is 5.92 Å². The highest BCUT2D eigenvalue weighted by Crippen LogP contribution is 2.34. The summed E-state index contributed by atoms with van der Waals surface area (Å²) in [5.74, 6) is -0.0750. The molecule has 1 aliphatic heterocycles. The number of hydrogen-bond acceptors (Lipinski definition) is 4. The summed E-state index contributed by atoms with van der Waals surface area (Å²) in [6.45, 7) is -4.97. The van der Waals surface area contributed by atoms with E-state index in [9.17, 15) is 22.7 Å². The zero-order valence-corrected chi connectivity index (χ0v) is 13.7. The summed E-state index contributed by atoms with van der Waals surface area (Å²) < 4.78 is 55.0. The van der Waals surface area contributed by atoms with Gasteiger partial charge < -0.3 is 19.5 Å². The molecule has 0 bridgehead atoms. The van der Waals surface area contributed by atoms with E-state index in [1.54, 1.807) is 0 Å². The maximum atomic E-state index is 11.8. The first kappa shape index (κ1) is 19.4. The molecule has 1 aromatic carbocycles. The number of benzene rings is 1. The van der Waals surface area contributed by atoms with Gasteiger partial charge in [-0.05, 0) is 37.5 Å². The average Bonchev–Trinajstić information content (AvgIpc) is 2.90. The fourth-order valence-corrected chi connectivity index (χ4v) is 2.98. The first-order valence-electron chi connectivity index (χ1n) is 7.96. The number of alkyl halides is 4. The molecule has 0 amide bonds. The van der Waals surface area contributed by atoms with Gasteiger partial charge in [0.1, 0.15) is 0 Å². The van der Waals surface area contributed by atoms with E-state index in [4.69, 9.17) is 0 Å². The second kappa shape index (κ2) is 8.94. The fraction of sp³-hybridized carbons (Fsp3) is 0.529. The minimum atomic E-state index is -3.07. The molecule has 1 fully saturated rings. The van der Waals surface area contributed by atoms with E-state index in [1.165, 1.54) is 37.2 Å². The highest BCUT2D eigenvalue weighted by molar-refractivity contribution is 5.39. The van der Waals surface area contributed by atoms with E-state index >= 15 is 0 Å². The first-order chi connectivity index (χ1) is 11.9. The van der Waals surface area contributed by atoms with Crippen molar-refractivity contribution in [3.63, 3.8) is 0 Å². The highest BCUT2D eigenvalue weighted by atomic mass is 19.3. The third-order valence-electron chi connectivity index (χ3n) is 4.13. The van der Waals surface area contributed by atoms with E-state index in [1.807, 2.05) is 6.08 Å². The summed E-state index contributed by atoms with van der Waals surface area (Å²) in [4.78, 5) is 2.27. The van der Waals surface area contributed by atoms with Crippen LogP contribution in [0.25, 0.3) is 0 Å². The summed E-state index contributed by atoms with van der Waals surface area (Å²) in [5, 5.41) is 9.37. The molecule has 0 radical (unpaired) electrons. The molecule has 140 valence electrons. The Hall–Kier alpha value is -1.96. The van der Waals surface area contributed by atoms with Gasteiger partial charge in [-0.3, -0.25) is 0 Å². The van der Waals surface area contributed by atoms with Gasteiger partial charge in [-0.25, -0.2) is 0 Å². The molecule has 0 spiro atoms. The molecule has 2 atom stereocenters. The van der Waals surface area contributed by atoms with Gasteiger partial charge in [-0.1, -0.05) is 12.1 Å². The van der Waals surface area contributed by atoms with Crippen molar-refractivity contribution in [3.8, 4) is 11.5 Å². The molecule has 2 aliphatic rings. The monoisotopic (exact) mass is 363 g/mol. The van der Waals surface area contributed by atoms with Crippen LogP contribution in [-0.4, -0.2) is 42.9 Å². The number of halogens is 4. The molecule has 1 aliphatic carbocycles. The number of hydrogen-bond donors (Lipinski definition) is 1. The third-order valence-corrected chi connectivity index (χ3v) is 4.13. The second-order valence-electron chi connectivity index (χ2n) is 5.85. The molecule has 3 rings (SSSR count). The lowest BCUT2D eigenvalue weighted by atomic mass is 9.91. The van der Waals surface area contributed by atoms with Crippen molar-refractivity contribution >= 4 is 0 Å². The lowest BCUT2D eigenvalue weighted by Crippen LogP contribution is -2.20. The van der Waals surface area contributed by atoms with E-state index in [0.29, 0.717) is 0 Å². The molecule has 4 nitrogen and oxygen atoms in total. The molecule has 1 heterocycles. The van der Waals surface area contributed by atoms with E-state index < -0.39 is 24.7 Å². The van der Waals surface area contributed by atoms with Crippen LogP contribution < -0.4 is 9.47 Å². The number of aliphatic hydroxyl groups excluding tert-OH is 1. The Morgan fingerprint density at radius 3 is 2.08 bits per heavy atom. The van der Waals surface area contributed by atoms with Crippen LogP contribution in [0.3, 0.4) is 0 Å². The second-order valence-corrected chi connectivity index (χ2v) is 5.85. The predicted molar refractivity (Wildman–Crippen MR) is 83.8 cm³/mol. The Morgan fingerprint density at radius 1 is 1.00 bits per heavy atom. The Balaban J connectivity index is 0.000000185. The van der Waals surface area contributed by atoms with Crippen LogP contribution in [0, 0.1) is 5.92 Å². The van der Waals surface area contributed by atoms with Crippen molar-refractivity contribution in [3.05, 3.63) is 36.0 Å². The first-order valence-corrected chi connectivity index (χ1v) is 7.96. The molecule has 8 heteroatoms. The zero-order valence-electron chi connectivity index (χ0n) is 13.7. The Kier molecular flexibility index (Phi) is 6.92. The lowest BCUT2D eigenvalue weighted by molar-refractivity contribution is -0.0692. The van der Waals surface area contributed by atoms with Crippen LogP contribution >= 0.6 is 0 Å². The Bertz CT molecular complexity index is 554. The topological polar surface area (TPSA) is 41.9 Å². The van der Waals surface area contributed by atoms with Crippen molar-refractivity contribution in [1.82, 2.24) is 4.90 Å².